The molecule has 0 aliphatic rings. The van der Waals surface area contributed by atoms with Gasteiger partial charge in [-0.2, -0.15) is 0 Å². The van der Waals surface area contributed by atoms with Crippen molar-refractivity contribution in [3.63, 3.8) is 0 Å². The average molecular weight is 200 g/mol. The first-order valence-corrected chi connectivity index (χ1v) is 5.52. The van der Waals surface area contributed by atoms with Gasteiger partial charge in [0.05, 0.1) is 0 Å². The lowest BCUT2D eigenvalue weighted by Gasteiger charge is -2.09. The summed E-state index contributed by atoms with van der Waals surface area (Å²) in [6.07, 6.45) is 1.64. The summed E-state index contributed by atoms with van der Waals surface area (Å²) in [6, 6.07) is 0.457. The van der Waals surface area contributed by atoms with Crippen molar-refractivity contribution in [1.82, 2.24) is 10.6 Å². The first kappa shape index (κ1) is 13.4. The fourth-order valence-electron chi connectivity index (χ4n) is 1.06. The minimum atomic E-state index is 0.152. The lowest BCUT2D eigenvalue weighted by Crippen LogP contribution is -2.31. The Morgan fingerprint density at radius 1 is 1.14 bits per heavy atom. The molecule has 0 bridgehead atoms. The van der Waals surface area contributed by atoms with E-state index in [0.717, 1.165) is 19.5 Å². The topological polar surface area (TPSA) is 41.1 Å². The zero-order valence-corrected chi connectivity index (χ0v) is 9.89. The molecule has 0 aromatic carbocycles. The smallest absolute Gasteiger partial charge is 0.221 e. The van der Waals surface area contributed by atoms with E-state index in [1.54, 1.807) is 0 Å². The van der Waals surface area contributed by atoms with Gasteiger partial charge in [-0.1, -0.05) is 27.7 Å². The summed E-state index contributed by atoms with van der Waals surface area (Å²) < 4.78 is 0. The molecule has 1 amide bonds. The summed E-state index contributed by atoms with van der Waals surface area (Å²) in [5, 5.41) is 6.12. The molecule has 0 rings (SSSR count). The lowest BCUT2D eigenvalue weighted by molar-refractivity contribution is -0.121. The van der Waals surface area contributed by atoms with Crippen LogP contribution in [0, 0.1) is 5.92 Å². The molecule has 84 valence electrons. The number of carbonyl (C=O) groups excluding carboxylic acids is 1. The molecular weight excluding hydrogens is 176 g/mol. The van der Waals surface area contributed by atoms with E-state index >= 15 is 0 Å². The van der Waals surface area contributed by atoms with Crippen molar-refractivity contribution >= 4 is 5.91 Å². The van der Waals surface area contributed by atoms with Crippen LogP contribution in [-0.2, 0) is 4.79 Å². The zero-order chi connectivity index (χ0) is 11.0. The minimum Gasteiger partial charge on any atom is -0.356 e. The van der Waals surface area contributed by atoms with Crippen molar-refractivity contribution in [1.29, 1.82) is 0 Å². The second-order valence-corrected chi connectivity index (χ2v) is 4.39. The highest BCUT2D eigenvalue weighted by molar-refractivity contribution is 5.75. The van der Waals surface area contributed by atoms with E-state index in [1.165, 1.54) is 0 Å². The predicted molar refractivity (Wildman–Crippen MR) is 60.2 cm³/mol. The highest BCUT2D eigenvalue weighted by atomic mass is 16.1. The molecule has 0 fully saturated rings. The molecule has 0 aliphatic carbocycles. The Balaban J connectivity index is 3.28. The van der Waals surface area contributed by atoms with Crippen LogP contribution < -0.4 is 10.6 Å². The Bertz CT molecular complexity index is 139. The Kier molecular flexibility index (Phi) is 7.48. The molecule has 0 unspecified atom stereocenters. The first-order valence-electron chi connectivity index (χ1n) is 5.52. The Morgan fingerprint density at radius 3 is 2.29 bits per heavy atom. The number of hydrogen-bond acceptors (Lipinski definition) is 2. The van der Waals surface area contributed by atoms with Gasteiger partial charge in [-0.25, -0.2) is 0 Å². The molecule has 0 aromatic rings. The van der Waals surface area contributed by atoms with Crippen molar-refractivity contribution in [3.8, 4) is 0 Å². The van der Waals surface area contributed by atoms with E-state index in [4.69, 9.17) is 0 Å². The summed E-state index contributed by atoms with van der Waals surface area (Å²) >= 11 is 0. The van der Waals surface area contributed by atoms with Gasteiger partial charge in [0.2, 0.25) is 5.91 Å². The van der Waals surface area contributed by atoms with Crippen LogP contribution in [0.15, 0.2) is 0 Å². The predicted octanol–water partition coefficient (Wildman–Crippen LogP) is 1.54. The number of amides is 1. The Morgan fingerprint density at radius 2 is 1.79 bits per heavy atom. The van der Waals surface area contributed by atoms with Gasteiger partial charge in [0, 0.05) is 25.6 Å². The molecule has 0 radical (unpaired) electrons. The largest absolute Gasteiger partial charge is 0.356 e. The molecule has 3 nitrogen and oxygen atoms in total. The molecule has 0 heterocycles. The van der Waals surface area contributed by atoms with E-state index in [2.05, 4.69) is 38.3 Å². The standard InChI is InChI=1S/C11H24N2O/c1-9(2)5-7-13-11(14)6-8-12-10(3)4/h9-10,12H,5-8H2,1-4H3,(H,13,14). The lowest BCUT2D eigenvalue weighted by atomic mass is 10.1. The summed E-state index contributed by atoms with van der Waals surface area (Å²) in [5.41, 5.74) is 0. The highest BCUT2D eigenvalue weighted by Gasteiger charge is 2.01. The third-order valence-electron chi connectivity index (χ3n) is 1.95. The average Bonchev–Trinajstić information content (AvgIpc) is 2.02. The van der Waals surface area contributed by atoms with Gasteiger partial charge in [-0.15, -0.1) is 0 Å². The third kappa shape index (κ3) is 9.52. The van der Waals surface area contributed by atoms with Crippen LogP contribution >= 0.6 is 0 Å². The maximum absolute atomic E-state index is 11.3. The maximum Gasteiger partial charge on any atom is 0.221 e. The monoisotopic (exact) mass is 200 g/mol. The van der Waals surface area contributed by atoms with Gasteiger partial charge >= 0.3 is 0 Å². The van der Waals surface area contributed by atoms with E-state index < -0.39 is 0 Å². The van der Waals surface area contributed by atoms with Crippen LogP contribution in [0.25, 0.3) is 0 Å². The van der Waals surface area contributed by atoms with Crippen molar-refractivity contribution in [2.24, 2.45) is 5.92 Å². The van der Waals surface area contributed by atoms with Crippen molar-refractivity contribution < 1.29 is 4.79 Å². The van der Waals surface area contributed by atoms with Gasteiger partial charge in [-0.05, 0) is 12.3 Å². The summed E-state index contributed by atoms with van der Waals surface area (Å²) in [4.78, 5) is 11.3. The summed E-state index contributed by atoms with van der Waals surface area (Å²) in [6.45, 7) is 10.1. The number of hydrogen-bond donors (Lipinski definition) is 2. The maximum atomic E-state index is 11.3. The summed E-state index contributed by atoms with van der Waals surface area (Å²) in [5.74, 6) is 0.808. The number of nitrogens with one attached hydrogen (secondary N) is 2. The zero-order valence-electron chi connectivity index (χ0n) is 9.89. The first-order chi connectivity index (χ1) is 6.52. The fraction of sp³-hybridized carbons (Fsp3) is 0.909. The molecule has 0 saturated carbocycles. The van der Waals surface area contributed by atoms with Gasteiger partial charge in [-0.3, -0.25) is 4.79 Å². The minimum absolute atomic E-state index is 0.152. The van der Waals surface area contributed by atoms with Crippen molar-refractivity contribution in [2.75, 3.05) is 13.1 Å². The van der Waals surface area contributed by atoms with E-state index in [0.29, 0.717) is 18.4 Å². The molecule has 0 spiro atoms. The molecule has 0 saturated heterocycles. The van der Waals surface area contributed by atoms with Crippen LogP contribution in [0.1, 0.15) is 40.5 Å². The molecule has 0 atom stereocenters. The van der Waals surface area contributed by atoms with Crippen LogP contribution in [0.5, 0.6) is 0 Å². The molecule has 3 heteroatoms. The third-order valence-corrected chi connectivity index (χ3v) is 1.95. The SMILES string of the molecule is CC(C)CCNC(=O)CCNC(C)C. The van der Waals surface area contributed by atoms with Crippen LogP contribution in [0.4, 0.5) is 0 Å². The van der Waals surface area contributed by atoms with Crippen LogP contribution in [0.2, 0.25) is 0 Å². The summed E-state index contributed by atoms with van der Waals surface area (Å²) in [7, 11) is 0. The quantitative estimate of drug-likeness (QED) is 0.654. The van der Waals surface area contributed by atoms with Crippen molar-refractivity contribution in [2.45, 2.75) is 46.6 Å². The van der Waals surface area contributed by atoms with E-state index in [1.807, 2.05) is 0 Å². The van der Waals surface area contributed by atoms with Gasteiger partial charge < -0.3 is 10.6 Å². The van der Waals surface area contributed by atoms with E-state index in [9.17, 15) is 4.79 Å². The second-order valence-electron chi connectivity index (χ2n) is 4.39. The molecule has 14 heavy (non-hydrogen) atoms. The molecule has 0 aromatic heterocycles. The van der Waals surface area contributed by atoms with Gasteiger partial charge in [0.15, 0.2) is 0 Å². The Hall–Kier alpha value is -0.570. The van der Waals surface area contributed by atoms with Gasteiger partial charge in [0.25, 0.3) is 0 Å². The Labute approximate surface area is 87.6 Å². The van der Waals surface area contributed by atoms with Crippen LogP contribution in [0.3, 0.4) is 0 Å². The molecular formula is C11H24N2O. The van der Waals surface area contributed by atoms with Crippen LogP contribution in [-0.4, -0.2) is 25.0 Å². The normalized spacial score (nSPS) is 11.0. The molecule has 2 N–H and O–H groups in total. The van der Waals surface area contributed by atoms with Gasteiger partial charge in [0.1, 0.15) is 0 Å². The molecule has 0 aliphatic heterocycles. The van der Waals surface area contributed by atoms with E-state index in [-0.39, 0.29) is 5.91 Å². The van der Waals surface area contributed by atoms with Crippen molar-refractivity contribution in [3.05, 3.63) is 0 Å². The second kappa shape index (κ2) is 7.80. The number of rotatable bonds is 7. The fourth-order valence-corrected chi connectivity index (χ4v) is 1.06. The highest BCUT2D eigenvalue weighted by Crippen LogP contribution is 1.96. The number of carbonyl (C=O) groups is 1.